The minimum Gasteiger partial charge on any atom is -0.480 e. The standard InChI is InChI=1S/C13H18N4O3/c18-12(16-6-4-14-10(8-16)13(19)20)9-7-15-17-5-2-1-3-11(9)17/h7,10,14H,1-6,8H2,(H,19,20). The van der Waals surface area contributed by atoms with E-state index in [0.717, 1.165) is 31.5 Å². The number of hydrogen-bond acceptors (Lipinski definition) is 4. The number of aliphatic carboxylic acids is 1. The Morgan fingerprint density at radius 1 is 1.35 bits per heavy atom. The van der Waals surface area contributed by atoms with E-state index >= 15 is 0 Å². The lowest BCUT2D eigenvalue weighted by Crippen LogP contribution is -2.55. The second-order valence-electron chi connectivity index (χ2n) is 5.28. The molecule has 3 rings (SSSR count). The molecule has 1 amide bonds. The fraction of sp³-hybridized carbons (Fsp3) is 0.615. The van der Waals surface area contributed by atoms with Crippen LogP contribution in [0.4, 0.5) is 0 Å². The molecule has 2 aliphatic rings. The third-order valence-electron chi connectivity index (χ3n) is 3.97. The van der Waals surface area contributed by atoms with E-state index in [-0.39, 0.29) is 12.5 Å². The van der Waals surface area contributed by atoms with Gasteiger partial charge in [0.2, 0.25) is 0 Å². The number of carbonyl (C=O) groups is 2. The van der Waals surface area contributed by atoms with Gasteiger partial charge in [0.05, 0.1) is 17.5 Å². The van der Waals surface area contributed by atoms with Gasteiger partial charge >= 0.3 is 5.97 Å². The molecule has 2 aliphatic heterocycles. The van der Waals surface area contributed by atoms with Gasteiger partial charge in [0.15, 0.2) is 0 Å². The largest absolute Gasteiger partial charge is 0.480 e. The Morgan fingerprint density at radius 3 is 3.00 bits per heavy atom. The summed E-state index contributed by atoms with van der Waals surface area (Å²) in [5.74, 6) is -1.01. The van der Waals surface area contributed by atoms with Crippen molar-refractivity contribution >= 4 is 11.9 Å². The monoisotopic (exact) mass is 278 g/mol. The summed E-state index contributed by atoms with van der Waals surface area (Å²) in [6, 6.07) is -0.681. The maximum atomic E-state index is 12.6. The van der Waals surface area contributed by atoms with Gasteiger partial charge in [-0.3, -0.25) is 14.3 Å². The first-order chi connectivity index (χ1) is 9.66. The summed E-state index contributed by atoms with van der Waals surface area (Å²) in [5.41, 5.74) is 1.63. The van der Waals surface area contributed by atoms with Gasteiger partial charge in [-0.15, -0.1) is 0 Å². The summed E-state index contributed by atoms with van der Waals surface area (Å²) in [6.45, 7) is 2.11. The van der Waals surface area contributed by atoms with Gasteiger partial charge in [-0.25, -0.2) is 0 Å². The molecular formula is C13H18N4O3. The molecule has 1 aromatic heterocycles. The number of carboxylic acids is 1. The van der Waals surface area contributed by atoms with Crippen molar-refractivity contribution in [2.24, 2.45) is 0 Å². The minimum absolute atomic E-state index is 0.0964. The molecule has 1 saturated heterocycles. The molecule has 7 nitrogen and oxygen atoms in total. The Labute approximate surface area is 116 Å². The number of carboxylic acid groups (broad SMARTS) is 1. The van der Waals surface area contributed by atoms with Gasteiger partial charge in [0.25, 0.3) is 5.91 Å². The van der Waals surface area contributed by atoms with Crippen molar-refractivity contribution < 1.29 is 14.7 Å². The quantitative estimate of drug-likeness (QED) is 0.777. The molecule has 1 aromatic rings. The molecule has 1 atom stereocenters. The first kappa shape index (κ1) is 13.1. The second-order valence-corrected chi connectivity index (χ2v) is 5.28. The minimum atomic E-state index is -0.917. The topological polar surface area (TPSA) is 87.5 Å². The Morgan fingerprint density at radius 2 is 2.20 bits per heavy atom. The van der Waals surface area contributed by atoms with Gasteiger partial charge in [0.1, 0.15) is 6.04 Å². The molecular weight excluding hydrogens is 260 g/mol. The number of carbonyl (C=O) groups excluding carboxylic acids is 1. The second kappa shape index (κ2) is 5.24. The predicted molar refractivity (Wildman–Crippen MR) is 70.5 cm³/mol. The van der Waals surface area contributed by atoms with Gasteiger partial charge in [-0.2, -0.15) is 5.10 Å². The van der Waals surface area contributed by atoms with Crippen LogP contribution in [-0.2, 0) is 17.8 Å². The molecule has 0 aliphatic carbocycles. The number of nitrogens with one attached hydrogen (secondary N) is 1. The van der Waals surface area contributed by atoms with Crippen LogP contribution in [0.1, 0.15) is 28.9 Å². The molecule has 0 spiro atoms. The fourth-order valence-electron chi connectivity index (χ4n) is 2.87. The van der Waals surface area contributed by atoms with Gasteiger partial charge < -0.3 is 15.3 Å². The van der Waals surface area contributed by atoms with E-state index in [1.807, 2.05) is 4.68 Å². The summed E-state index contributed by atoms with van der Waals surface area (Å²) in [5, 5.41) is 16.2. The summed E-state index contributed by atoms with van der Waals surface area (Å²) in [7, 11) is 0. The van der Waals surface area contributed by atoms with Crippen molar-refractivity contribution in [3.8, 4) is 0 Å². The molecule has 0 saturated carbocycles. The zero-order valence-electron chi connectivity index (χ0n) is 11.2. The summed E-state index contributed by atoms with van der Waals surface area (Å²) >= 11 is 0. The van der Waals surface area contributed by atoms with Crippen LogP contribution in [0.3, 0.4) is 0 Å². The zero-order chi connectivity index (χ0) is 14.1. The normalized spacial score (nSPS) is 22.4. The predicted octanol–water partition coefficient (Wildman–Crippen LogP) is -0.282. The number of amides is 1. The smallest absolute Gasteiger partial charge is 0.322 e. The molecule has 3 heterocycles. The lowest BCUT2D eigenvalue weighted by atomic mass is 10.1. The number of fused-ring (bicyclic) bond motifs is 1. The molecule has 0 aromatic carbocycles. The third-order valence-corrected chi connectivity index (χ3v) is 3.97. The molecule has 1 fully saturated rings. The summed E-state index contributed by atoms with van der Waals surface area (Å²) in [4.78, 5) is 25.2. The molecule has 108 valence electrons. The highest BCUT2D eigenvalue weighted by Gasteiger charge is 2.30. The van der Waals surface area contributed by atoms with E-state index < -0.39 is 12.0 Å². The number of hydrogen-bond donors (Lipinski definition) is 2. The van der Waals surface area contributed by atoms with Gasteiger partial charge in [-0.1, -0.05) is 0 Å². The first-order valence-corrected chi connectivity index (χ1v) is 6.97. The van der Waals surface area contributed by atoms with Crippen LogP contribution in [0.25, 0.3) is 0 Å². The molecule has 1 unspecified atom stereocenters. The van der Waals surface area contributed by atoms with Gasteiger partial charge in [0, 0.05) is 26.2 Å². The number of rotatable bonds is 2. The van der Waals surface area contributed by atoms with E-state index in [9.17, 15) is 9.59 Å². The first-order valence-electron chi connectivity index (χ1n) is 6.97. The van der Waals surface area contributed by atoms with Crippen molar-refractivity contribution in [1.82, 2.24) is 20.0 Å². The fourth-order valence-corrected chi connectivity index (χ4v) is 2.87. The van der Waals surface area contributed by atoms with Crippen LogP contribution in [-0.4, -0.2) is 57.3 Å². The van der Waals surface area contributed by atoms with Crippen LogP contribution < -0.4 is 5.32 Å². The van der Waals surface area contributed by atoms with Crippen molar-refractivity contribution in [1.29, 1.82) is 0 Å². The Balaban J connectivity index is 1.78. The molecule has 7 heteroatoms. The number of aromatic nitrogens is 2. The van der Waals surface area contributed by atoms with Crippen LogP contribution in [0, 0.1) is 0 Å². The Bertz CT molecular complexity index is 540. The maximum Gasteiger partial charge on any atom is 0.322 e. The van der Waals surface area contributed by atoms with Crippen molar-refractivity contribution in [2.75, 3.05) is 19.6 Å². The van der Waals surface area contributed by atoms with E-state index in [2.05, 4.69) is 10.4 Å². The molecule has 20 heavy (non-hydrogen) atoms. The van der Waals surface area contributed by atoms with Gasteiger partial charge in [-0.05, 0) is 19.3 Å². The molecule has 0 radical (unpaired) electrons. The number of piperazine rings is 1. The number of nitrogens with zero attached hydrogens (tertiary/aromatic N) is 3. The highest BCUT2D eigenvalue weighted by Crippen LogP contribution is 2.20. The van der Waals surface area contributed by atoms with Crippen molar-refractivity contribution in [2.45, 2.75) is 31.8 Å². The van der Waals surface area contributed by atoms with Crippen molar-refractivity contribution in [3.05, 3.63) is 17.5 Å². The lowest BCUT2D eigenvalue weighted by molar-refractivity contribution is -0.140. The highest BCUT2D eigenvalue weighted by atomic mass is 16.4. The SMILES string of the molecule is O=C(O)C1CN(C(=O)c2cnn3c2CCCC3)CCN1. The maximum absolute atomic E-state index is 12.6. The average molecular weight is 278 g/mol. The van der Waals surface area contributed by atoms with E-state index in [1.54, 1.807) is 11.1 Å². The van der Waals surface area contributed by atoms with Crippen molar-refractivity contribution in [3.63, 3.8) is 0 Å². The highest BCUT2D eigenvalue weighted by molar-refractivity contribution is 5.95. The molecule has 2 N–H and O–H groups in total. The number of aryl methyl sites for hydroxylation is 1. The lowest BCUT2D eigenvalue weighted by Gasteiger charge is -2.31. The van der Waals surface area contributed by atoms with E-state index in [0.29, 0.717) is 18.7 Å². The van der Waals surface area contributed by atoms with Crippen LogP contribution in [0.5, 0.6) is 0 Å². The van der Waals surface area contributed by atoms with Crippen LogP contribution in [0.15, 0.2) is 6.20 Å². The average Bonchev–Trinajstić information content (AvgIpc) is 2.90. The Kier molecular flexibility index (Phi) is 3.43. The van der Waals surface area contributed by atoms with Crippen LogP contribution >= 0.6 is 0 Å². The van der Waals surface area contributed by atoms with E-state index in [4.69, 9.17) is 5.11 Å². The Hall–Kier alpha value is -1.89. The third kappa shape index (κ3) is 2.29. The summed E-state index contributed by atoms with van der Waals surface area (Å²) < 4.78 is 1.90. The van der Waals surface area contributed by atoms with Crippen LogP contribution in [0.2, 0.25) is 0 Å². The molecule has 0 bridgehead atoms. The van der Waals surface area contributed by atoms with E-state index in [1.165, 1.54) is 0 Å². The zero-order valence-corrected chi connectivity index (χ0v) is 11.2. The summed E-state index contributed by atoms with van der Waals surface area (Å²) in [6.07, 6.45) is 4.67.